The highest BCUT2D eigenvalue weighted by molar-refractivity contribution is 6.73. The number of nitrogens with two attached hydrogens (primary N) is 1. The third-order valence-corrected chi connectivity index (χ3v) is 14.6. The number of carbonyl (C=O) groups is 1. The van der Waals surface area contributed by atoms with E-state index in [0.29, 0.717) is 42.0 Å². The van der Waals surface area contributed by atoms with Crippen LogP contribution in [0.15, 0.2) is 12.3 Å². The second-order valence-electron chi connectivity index (χ2n) is 14.1. The molecule has 2 fully saturated rings. The number of hydrogen-bond acceptors (Lipinski definition) is 8. The van der Waals surface area contributed by atoms with E-state index in [1.54, 1.807) is 18.7 Å². The van der Waals surface area contributed by atoms with Gasteiger partial charge in [-0.15, -0.1) is 0 Å². The van der Waals surface area contributed by atoms with Crippen molar-refractivity contribution in [3.63, 3.8) is 0 Å². The van der Waals surface area contributed by atoms with Crippen molar-refractivity contribution in [2.45, 2.75) is 117 Å². The quantitative estimate of drug-likeness (QED) is 0.197. The van der Waals surface area contributed by atoms with Crippen LogP contribution in [0.5, 0.6) is 0 Å². The van der Waals surface area contributed by atoms with Gasteiger partial charge in [-0.2, -0.15) is 13.2 Å². The first-order valence-electron chi connectivity index (χ1n) is 16.6. The maximum atomic E-state index is 16.6. The monoisotopic (exact) mass is 690 g/mol. The molecule has 2 aliphatic rings. The van der Waals surface area contributed by atoms with Crippen LogP contribution in [0.4, 0.5) is 34.0 Å². The van der Waals surface area contributed by atoms with Crippen LogP contribution >= 0.6 is 0 Å². The lowest BCUT2D eigenvalue weighted by molar-refractivity contribution is -0.137. The van der Waals surface area contributed by atoms with Gasteiger partial charge in [0.15, 0.2) is 14.1 Å². The van der Waals surface area contributed by atoms with Crippen molar-refractivity contribution in [2.24, 2.45) is 0 Å². The zero-order chi connectivity index (χ0) is 35.5. The largest absolute Gasteiger partial charge is 0.444 e. The van der Waals surface area contributed by atoms with Crippen LogP contribution in [0, 0.1) is 26.6 Å². The molecule has 262 valence electrons. The Labute approximate surface area is 280 Å². The summed E-state index contributed by atoms with van der Waals surface area (Å²) in [5.41, 5.74) is 3.69. The van der Waals surface area contributed by atoms with Crippen LogP contribution in [-0.4, -0.2) is 71.1 Å². The molecule has 3 atom stereocenters. The molecule has 2 saturated heterocycles. The second kappa shape index (κ2) is 12.7. The minimum absolute atomic E-state index is 0.113. The Hall–Kier alpha value is -3.52. The van der Waals surface area contributed by atoms with Gasteiger partial charge in [0.1, 0.15) is 28.6 Å². The highest BCUT2D eigenvalue weighted by Crippen LogP contribution is 2.43. The van der Waals surface area contributed by atoms with E-state index in [0.717, 1.165) is 24.2 Å². The predicted octanol–water partition coefficient (Wildman–Crippen LogP) is 7.95. The normalized spacial score (nSPS) is 20.1. The van der Waals surface area contributed by atoms with E-state index in [-0.39, 0.29) is 35.0 Å². The molecule has 5 rings (SSSR count). The van der Waals surface area contributed by atoms with Crippen LogP contribution in [0.25, 0.3) is 22.2 Å². The van der Waals surface area contributed by atoms with Gasteiger partial charge in [0.05, 0.1) is 23.8 Å². The Morgan fingerprint density at radius 2 is 1.69 bits per heavy atom. The van der Waals surface area contributed by atoms with Gasteiger partial charge in [-0.05, 0) is 83.3 Å². The Kier molecular flexibility index (Phi) is 9.49. The van der Waals surface area contributed by atoms with Crippen molar-refractivity contribution in [3.05, 3.63) is 40.5 Å². The predicted molar refractivity (Wildman–Crippen MR) is 181 cm³/mol. The van der Waals surface area contributed by atoms with Gasteiger partial charge in [-0.25, -0.2) is 19.2 Å². The Morgan fingerprint density at radius 3 is 2.27 bits per heavy atom. The topological polar surface area (TPSA) is 107 Å². The molecule has 5 heterocycles. The standard InChI is InChI=1S/C34H46F4N6O3Si/c1-10-48(11-2,12-3)47-24-14-21-16-43(17-23(24)44(21)32(45)46-33(7,8)9)31-22-15-40-30(28(35)26(22)19(5)20(6)41-31)29-27(34(36,37)38)18(4)13-25(39)42-29/h13,15,21,23-24H,10-12,14,16-17H2,1-9H3,(H2,39,42)/t21-,23-,24-/m1/s1. The first kappa shape index (κ1) is 35.8. The molecule has 2 aliphatic heterocycles. The van der Waals surface area contributed by atoms with E-state index in [1.165, 1.54) is 13.1 Å². The van der Waals surface area contributed by atoms with Crippen molar-refractivity contribution in [2.75, 3.05) is 23.7 Å². The minimum atomic E-state index is -4.81. The molecule has 9 nitrogen and oxygen atoms in total. The van der Waals surface area contributed by atoms with E-state index in [2.05, 4.69) is 30.7 Å². The summed E-state index contributed by atoms with van der Waals surface area (Å²) in [5, 5.41) is 0.470. The molecule has 0 aromatic carbocycles. The molecule has 1 amide bonds. The lowest BCUT2D eigenvalue weighted by Gasteiger charge is -2.43. The number of hydrogen-bond donors (Lipinski definition) is 1. The number of fused-ring (bicyclic) bond motifs is 3. The summed E-state index contributed by atoms with van der Waals surface area (Å²) in [6, 6.07) is 3.37. The number of ether oxygens (including phenoxy) is 1. The van der Waals surface area contributed by atoms with Gasteiger partial charge < -0.3 is 19.8 Å². The fourth-order valence-electron chi connectivity index (χ4n) is 7.27. The van der Waals surface area contributed by atoms with Gasteiger partial charge in [0.2, 0.25) is 0 Å². The summed E-state index contributed by atoms with van der Waals surface area (Å²) < 4.78 is 72.0. The summed E-state index contributed by atoms with van der Waals surface area (Å²) >= 11 is 0. The minimum Gasteiger partial charge on any atom is -0.444 e. The molecule has 14 heteroatoms. The number of piperazine rings is 1. The highest BCUT2D eigenvalue weighted by Gasteiger charge is 2.52. The number of aromatic nitrogens is 3. The number of nitrogens with zero attached hydrogens (tertiary/aromatic N) is 5. The first-order valence-corrected chi connectivity index (χ1v) is 19.1. The van der Waals surface area contributed by atoms with Gasteiger partial charge in [-0.1, -0.05) is 20.8 Å². The Bertz CT molecular complexity index is 1720. The summed E-state index contributed by atoms with van der Waals surface area (Å²) in [4.78, 5) is 30.4. The smallest absolute Gasteiger partial charge is 0.418 e. The molecule has 2 N–H and O–H groups in total. The lowest BCUT2D eigenvalue weighted by atomic mass is 9.99. The zero-order valence-corrected chi connectivity index (χ0v) is 30.2. The van der Waals surface area contributed by atoms with Crippen LogP contribution in [-0.2, 0) is 15.3 Å². The number of carbonyl (C=O) groups excluding carboxylic acids is 1. The Balaban J connectivity index is 1.61. The average Bonchev–Trinajstić information content (AvgIpc) is 3.20. The van der Waals surface area contributed by atoms with Gasteiger partial charge in [-0.3, -0.25) is 9.88 Å². The number of amides is 1. The number of anilines is 2. The molecule has 0 unspecified atom stereocenters. The van der Waals surface area contributed by atoms with Crippen molar-refractivity contribution in [3.8, 4) is 11.4 Å². The van der Waals surface area contributed by atoms with Crippen LogP contribution < -0.4 is 10.6 Å². The van der Waals surface area contributed by atoms with Crippen LogP contribution in [0.1, 0.15) is 70.3 Å². The fourth-order valence-corrected chi connectivity index (χ4v) is 10.2. The van der Waals surface area contributed by atoms with E-state index in [9.17, 15) is 18.0 Å². The van der Waals surface area contributed by atoms with Crippen LogP contribution in [0.2, 0.25) is 18.1 Å². The molecule has 2 bridgehead atoms. The molecule has 3 aromatic rings. The second-order valence-corrected chi connectivity index (χ2v) is 18.8. The maximum Gasteiger partial charge on any atom is 0.418 e. The molecule has 3 aromatic heterocycles. The number of alkyl halides is 3. The molecule has 0 spiro atoms. The molecule has 0 radical (unpaired) electrons. The van der Waals surface area contributed by atoms with Crippen LogP contribution in [0.3, 0.4) is 0 Å². The number of halogens is 4. The Morgan fingerprint density at radius 1 is 1.04 bits per heavy atom. The summed E-state index contributed by atoms with van der Waals surface area (Å²) in [7, 11) is -2.05. The third kappa shape index (κ3) is 6.45. The summed E-state index contributed by atoms with van der Waals surface area (Å²) in [6.07, 6.45) is -3.44. The number of pyridine rings is 3. The van der Waals surface area contributed by atoms with E-state index >= 15 is 4.39 Å². The molecule has 48 heavy (non-hydrogen) atoms. The van der Waals surface area contributed by atoms with Gasteiger partial charge in [0, 0.05) is 35.8 Å². The van der Waals surface area contributed by atoms with Gasteiger partial charge >= 0.3 is 12.3 Å². The molecule has 0 saturated carbocycles. The van der Waals surface area contributed by atoms with Crippen molar-refractivity contribution in [1.82, 2.24) is 19.9 Å². The number of aryl methyl sites for hydroxylation is 3. The molecular formula is C34H46F4N6O3Si. The van der Waals surface area contributed by atoms with E-state index in [4.69, 9.17) is 19.9 Å². The highest BCUT2D eigenvalue weighted by atomic mass is 28.4. The third-order valence-electron chi connectivity index (χ3n) is 9.96. The molecule has 0 aliphatic carbocycles. The first-order chi connectivity index (χ1) is 22.3. The fraction of sp³-hybridized carbons (Fsp3) is 0.588. The zero-order valence-electron chi connectivity index (χ0n) is 29.2. The average molecular weight is 691 g/mol. The van der Waals surface area contributed by atoms with E-state index in [1.807, 2.05) is 25.7 Å². The van der Waals surface area contributed by atoms with Crippen molar-refractivity contribution in [1.29, 1.82) is 0 Å². The SMILES string of the molecule is CC[Si](CC)(CC)O[C@@H]1C[C@@H]2CN(c3nc(C)c(C)c4c(F)c(-c5nc(N)cc(C)c5C(F)(F)F)ncc34)C[C@H]1N2C(=O)OC(C)(C)C. The maximum absolute atomic E-state index is 16.6. The number of nitrogen functional groups attached to an aromatic ring is 1. The van der Waals surface area contributed by atoms with Crippen molar-refractivity contribution >= 4 is 36.8 Å². The molecular weight excluding hydrogens is 644 g/mol. The van der Waals surface area contributed by atoms with Crippen molar-refractivity contribution < 1.29 is 31.5 Å². The van der Waals surface area contributed by atoms with Gasteiger partial charge in [0.25, 0.3) is 0 Å². The lowest BCUT2D eigenvalue weighted by Crippen LogP contribution is -2.59. The summed E-state index contributed by atoms with van der Waals surface area (Å²) in [6.45, 7) is 17.4. The van der Waals surface area contributed by atoms with E-state index < -0.39 is 49.0 Å². The number of rotatable bonds is 7. The summed E-state index contributed by atoms with van der Waals surface area (Å²) in [5.74, 6) is -0.652.